The average molecular weight is 394 g/mol. The van der Waals surface area contributed by atoms with Crippen LogP contribution in [0.15, 0.2) is 71.6 Å². The predicted molar refractivity (Wildman–Crippen MR) is 108 cm³/mol. The van der Waals surface area contributed by atoms with Gasteiger partial charge in [-0.3, -0.25) is 10.1 Å². The minimum absolute atomic E-state index is 0.263. The third kappa shape index (κ3) is 3.14. The number of rotatable bonds is 3. The smallest absolute Gasteiger partial charge is 0.311 e. The third-order valence-electron chi connectivity index (χ3n) is 4.95. The Kier molecular flexibility index (Phi) is 4.39. The van der Waals surface area contributed by atoms with Crippen LogP contribution >= 0.6 is 0 Å². The number of hydrogen-bond acceptors (Lipinski definition) is 5. The molecule has 1 aliphatic heterocycles. The van der Waals surface area contributed by atoms with Crippen LogP contribution < -0.4 is 4.90 Å². The maximum absolute atomic E-state index is 12.1. The highest BCUT2D eigenvalue weighted by molar-refractivity contribution is 7.90. The van der Waals surface area contributed by atoms with E-state index in [1.807, 2.05) is 53.4 Å². The Morgan fingerprint density at radius 2 is 1.39 bits per heavy atom. The van der Waals surface area contributed by atoms with Gasteiger partial charge in [0.1, 0.15) is 10.6 Å². The van der Waals surface area contributed by atoms with E-state index in [9.17, 15) is 18.5 Å². The molecule has 0 N–H and O–H groups in total. The molecule has 7 heteroatoms. The van der Waals surface area contributed by atoms with E-state index < -0.39 is 14.8 Å². The van der Waals surface area contributed by atoms with Crippen LogP contribution in [0.4, 0.5) is 11.4 Å². The molecular weight excluding hydrogens is 376 g/mol. The molecule has 0 radical (unpaired) electrons. The number of nitrogens with zero attached hydrogens (tertiary/aromatic N) is 2. The number of fused-ring (bicyclic) bond motifs is 3. The maximum Gasteiger partial charge on any atom is 0.311 e. The Morgan fingerprint density at radius 3 is 1.89 bits per heavy atom. The van der Waals surface area contributed by atoms with Crippen molar-refractivity contribution in [3.05, 3.63) is 88.0 Å². The first kappa shape index (κ1) is 18.2. The van der Waals surface area contributed by atoms with Gasteiger partial charge < -0.3 is 4.90 Å². The van der Waals surface area contributed by atoms with E-state index in [0.29, 0.717) is 18.8 Å². The topological polar surface area (TPSA) is 80.5 Å². The molecule has 4 rings (SSSR count). The first-order valence-corrected chi connectivity index (χ1v) is 10.6. The van der Waals surface area contributed by atoms with Crippen molar-refractivity contribution in [2.24, 2.45) is 0 Å². The fraction of sp³-hybridized carbons (Fsp3) is 0.143. The average Bonchev–Trinajstić information content (AvgIpc) is 2.83. The van der Waals surface area contributed by atoms with Crippen molar-refractivity contribution in [2.75, 3.05) is 11.2 Å². The van der Waals surface area contributed by atoms with Gasteiger partial charge in [0.05, 0.1) is 4.92 Å². The van der Waals surface area contributed by atoms with Crippen LogP contribution in [0.1, 0.15) is 11.1 Å². The second-order valence-corrected chi connectivity index (χ2v) is 8.81. The predicted octanol–water partition coefficient (Wildman–Crippen LogP) is 4.19. The molecule has 0 aromatic heterocycles. The van der Waals surface area contributed by atoms with E-state index in [2.05, 4.69) is 0 Å². The third-order valence-corrected chi connectivity index (χ3v) is 6.08. The zero-order valence-corrected chi connectivity index (χ0v) is 16.0. The summed E-state index contributed by atoms with van der Waals surface area (Å²) >= 11 is 0. The molecule has 1 heterocycles. The summed E-state index contributed by atoms with van der Waals surface area (Å²) in [5.41, 5.74) is 4.17. The largest absolute Gasteiger partial charge is 0.357 e. The molecule has 0 unspecified atom stereocenters. The highest BCUT2D eigenvalue weighted by Crippen LogP contribution is 2.40. The molecule has 0 saturated carbocycles. The molecule has 0 aliphatic carbocycles. The van der Waals surface area contributed by atoms with Gasteiger partial charge in [-0.05, 0) is 34.4 Å². The van der Waals surface area contributed by atoms with Gasteiger partial charge >= 0.3 is 5.69 Å². The normalized spacial score (nSPS) is 13.4. The molecular formula is C21H18N2O4S. The summed E-state index contributed by atoms with van der Waals surface area (Å²) < 4.78 is 24.3. The van der Waals surface area contributed by atoms with Crippen molar-refractivity contribution in [1.29, 1.82) is 0 Å². The van der Waals surface area contributed by atoms with Crippen LogP contribution in [-0.2, 0) is 22.9 Å². The van der Waals surface area contributed by atoms with Crippen LogP contribution in [0.3, 0.4) is 0 Å². The Hall–Kier alpha value is -3.19. The summed E-state index contributed by atoms with van der Waals surface area (Å²) in [5, 5.41) is 11.8. The lowest BCUT2D eigenvalue weighted by atomic mass is 9.97. The number of sulfone groups is 1. The molecule has 1 aliphatic rings. The molecule has 142 valence electrons. The van der Waals surface area contributed by atoms with Gasteiger partial charge in [-0.1, -0.05) is 54.6 Å². The molecule has 6 nitrogen and oxygen atoms in total. The van der Waals surface area contributed by atoms with Crippen molar-refractivity contribution >= 4 is 21.2 Å². The van der Waals surface area contributed by atoms with Crippen LogP contribution in [0.5, 0.6) is 0 Å². The monoisotopic (exact) mass is 394 g/mol. The SMILES string of the molecule is CS(=O)(=O)c1cccc(N2Cc3ccccc3-c3ccccc3C2)c1[N+](=O)[O-]. The summed E-state index contributed by atoms with van der Waals surface area (Å²) in [6.45, 7) is 0.887. The van der Waals surface area contributed by atoms with Crippen molar-refractivity contribution in [1.82, 2.24) is 0 Å². The van der Waals surface area contributed by atoms with Crippen molar-refractivity contribution in [3.8, 4) is 11.1 Å². The van der Waals surface area contributed by atoms with Crippen LogP contribution in [-0.4, -0.2) is 19.6 Å². The Morgan fingerprint density at radius 1 is 0.857 bits per heavy atom. The zero-order valence-electron chi connectivity index (χ0n) is 15.2. The van der Waals surface area contributed by atoms with Gasteiger partial charge in [0.2, 0.25) is 0 Å². The first-order valence-electron chi connectivity index (χ1n) is 8.75. The Bertz CT molecular complexity index is 1140. The number of hydrogen-bond donors (Lipinski definition) is 0. The van der Waals surface area contributed by atoms with Crippen molar-refractivity contribution < 1.29 is 13.3 Å². The number of nitro groups is 1. The molecule has 0 amide bonds. The lowest BCUT2D eigenvalue weighted by molar-refractivity contribution is -0.387. The lowest BCUT2D eigenvalue weighted by Crippen LogP contribution is -2.22. The molecule has 3 aromatic carbocycles. The van der Waals surface area contributed by atoms with Gasteiger partial charge in [0.25, 0.3) is 0 Å². The van der Waals surface area contributed by atoms with Crippen molar-refractivity contribution in [3.63, 3.8) is 0 Å². The van der Waals surface area contributed by atoms with E-state index in [4.69, 9.17) is 0 Å². The van der Waals surface area contributed by atoms with Gasteiger partial charge in [0, 0.05) is 19.3 Å². The quantitative estimate of drug-likeness (QED) is 0.492. The van der Waals surface area contributed by atoms with E-state index in [1.54, 1.807) is 12.1 Å². The van der Waals surface area contributed by atoms with Gasteiger partial charge in [-0.25, -0.2) is 8.42 Å². The summed E-state index contributed by atoms with van der Waals surface area (Å²) in [7, 11) is -3.74. The molecule has 0 spiro atoms. The molecule has 0 bridgehead atoms. The zero-order chi connectivity index (χ0) is 19.9. The van der Waals surface area contributed by atoms with Crippen LogP contribution in [0, 0.1) is 10.1 Å². The number of anilines is 1. The summed E-state index contributed by atoms with van der Waals surface area (Å²) in [6.07, 6.45) is 0.992. The van der Waals surface area contributed by atoms with E-state index in [0.717, 1.165) is 28.5 Å². The van der Waals surface area contributed by atoms with E-state index in [1.165, 1.54) is 6.07 Å². The standard InChI is InChI=1S/C21H18N2O4S/c1-28(26,27)20-12-6-11-19(21(20)23(24)25)22-13-15-7-2-4-9-17(15)18-10-5-3-8-16(18)14-22/h2-12H,13-14H2,1H3. The van der Waals surface area contributed by atoms with E-state index >= 15 is 0 Å². The first-order chi connectivity index (χ1) is 13.4. The van der Waals surface area contributed by atoms with Crippen LogP contribution in [0.25, 0.3) is 11.1 Å². The lowest BCUT2D eigenvalue weighted by Gasteiger charge is -2.24. The minimum atomic E-state index is -3.74. The number of benzene rings is 3. The van der Waals surface area contributed by atoms with E-state index in [-0.39, 0.29) is 10.6 Å². The second kappa shape index (κ2) is 6.76. The second-order valence-electron chi connectivity index (χ2n) is 6.82. The molecule has 0 atom stereocenters. The molecule has 3 aromatic rings. The molecule has 0 fully saturated rings. The van der Waals surface area contributed by atoms with Crippen LogP contribution in [0.2, 0.25) is 0 Å². The van der Waals surface area contributed by atoms with Gasteiger partial charge in [-0.2, -0.15) is 0 Å². The number of nitro benzene ring substituents is 1. The fourth-order valence-electron chi connectivity index (χ4n) is 3.73. The molecule has 0 saturated heterocycles. The Labute approximate surface area is 163 Å². The maximum atomic E-state index is 12.1. The molecule has 28 heavy (non-hydrogen) atoms. The minimum Gasteiger partial charge on any atom is -0.357 e. The number of para-hydroxylation sites is 1. The highest BCUT2D eigenvalue weighted by Gasteiger charge is 2.30. The Balaban J connectivity index is 1.94. The fourth-order valence-corrected chi connectivity index (χ4v) is 4.58. The highest BCUT2D eigenvalue weighted by atomic mass is 32.2. The summed E-state index contributed by atoms with van der Waals surface area (Å²) in [5.74, 6) is 0. The summed E-state index contributed by atoms with van der Waals surface area (Å²) in [4.78, 5) is 12.8. The summed E-state index contributed by atoms with van der Waals surface area (Å²) in [6, 6.07) is 20.3. The van der Waals surface area contributed by atoms with Gasteiger partial charge in [0.15, 0.2) is 9.84 Å². The van der Waals surface area contributed by atoms with Gasteiger partial charge in [-0.15, -0.1) is 0 Å². The van der Waals surface area contributed by atoms with Crippen molar-refractivity contribution in [2.45, 2.75) is 18.0 Å².